The number of rotatable bonds is 3. The maximum Gasteiger partial charge on any atom is 0.130 e. The zero-order valence-electron chi connectivity index (χ0n) is 11.2. The summed E-state index contributed by atoms with van der Waals surface area (Å²) >= 11 is 5.01. The number of aromatic nitrogens is 1. The lowest BCUT2D eigenvalue weighted by Crippen LogP contribution is -2.10. The third-order valence-corrected chi connectivity index (χ3v) is 3.94. The molecule has 3 N–H and O–H groups in total. The van der Waals surface area contributed by atoms with Gasteiger partial charge in [-0.15, -0.1) is 0 Å². The minimum atomic E-state index is 0.394. The standard InChI is InChI=1S/C16H17N3S/c17-16(20)12-8-9-18-15(10-12)19-14-7-3-5-11-4-1-2-6-13(11)14/h3,5,7-10H,1-2,4,6H2,(H2,17,20)(H,18,19). The molecule has 0 radical (unpaired) electrons. The molecular weight excluding hydrogens is 266 g/mol. The Morgan fingerprint density at radius 3 is 2.90 bits per heavy atom. The van der Waals surface area contributed by atoms with E-state index in [0.717, 1.165) is 23.5 Å². The summed E-state index contributed by atoms with van der Waals surface area (Å²) in [5.41, 5.74) is 10.5. The number of thiocarbonyl (C=S) groups is 1. The zero-order valence-corrected chi connectivity index (χ0v) is 12.0. The molecule has 1 heterocycles. The molecule has 0 saturated heterocycles. The van der Waals surface area contributed by atoms with Crippen LogP contribution in [-0.4, -0.2) is 9.97 Å². The van der Waals surface area contributed by atoms with Crippen molar-refractivity contribution >= 4 is 28.7 Å². The maximum absolute atomic E-state index is 5.66. The molecule has 1 aromatic heterocycles. The number of anilines is 2. The molecule has 4 heteroatoms. The fourth-order valence-corrected chi connectivity index (χ4v) is 2.82. The van der Waals surface area contributed by atoms with Crippen LogP contribution in [0.2, 0.25) is 0 Å². The van der Waals surface area contributed by atoms with Gasteiger partial charge in [0.2, 0.25) is 0 Å². The maximum atomic E-state index is 5.66. The number of benzene rings is 1. The van der Waals surface area contributed by atoms with Crippen molar-refractivity contribution < 1.29 is 0 Å². The van der Waals surface area contributed by atoms with Gasteiger partial charge in [-0.2, -0.15) is 0 Å². The molecule has 0 aliphatic heterocycles. The molecule has 2 aromatic rings. The van der Waals surface area contributed by atoms with E-state index in [1.54, 1.807) is 6.20 Å². The van der Waals surface area contributed by atoms with Crippen molar-refractivity contribution in [1.29, 1.82) is 0 Å². The van der Waals surface area contributed by atoms with Crippen molar-refractivity contribution in [2.45, 2.75) is 25.7 Å². The van der Waals surface area contributed by atoms with E-state index >= 15 is 0 Å². The van der Waals surface area contributed by atoms with Gasteiger partial charge in [-0.3, -0.25) is 0 Å². The number of nitrogens with zero attached hydrogens (tertiary/aromatic N) is 1. The number of hydrogen-bond acceptors (Lipinski definition) is 3. The van der Waals surface area contributed by atoms with Gasteiger partial charge < -0.3 is 11.1 Å². The molecule has 1 aliphatic carbocycles. The predicted molar refractivity (Wildman–Crippen MR) is 86.5 cm³/mol. The SMILES string of the molecule is NC(=S)c1ccnc(Nc2cccc3c2CCCC3)c1. The lowest BCUT2D eigenvalue weighted by atomic mass is 9.90. The van der Waals surface area contributed by atoms with Crippen molar-refractivity contribution in [1.82, 2.24) is 4.98 Å². The average molecular weight is 283 g/mol. The molecule has 3 nitrogen and oxygen atoms in total. The summed E-state index contributed by atoms with van der Waals surface area (Å²) in [4.78, 5) is 4.73. The van der Waals surface area contributed by atoms with E-state index in [-0.39, 0.29) is 0 Å². The van der Waals surface area contributed by atoms with Crippen LogP contribution in [0.5, 0.6) is 0 Å². The molecular formula is C16H17N3S. The fourth-order valence-electron chi connectivity index (χ4n) is 2.69. The zero-order chi connectivity index (χ0) is 13.9. The van der Waals surface area contributed by atoms with Gasteiger partial charge in [-0.05, 0) is 55.0 Å². The molecule has 0 atom stereocenters. The van der Waals surface area contributed by atoms with Gasteiger partial charge >= 0.3 is 0 Å². The summed E-state index contributed by atoms with van der Waals surface area (Å²) in [7, 11) is 0. The fraction of sp³-hybridized carbons (Fsp3) is 0.250. The van der Waals surface area contributed by atoms with Crippen LogP contribution in [0.3, 0.4) is 0 Å². The first kappa shape index (κ1) is 13.1. The second kappa shape index (κ2) is 5.59. The number of pyridine rings is 1. The van der Waals surface area contributed by atoms with Gasteiger partial charge in [-0.25, -0.2) is 4.98 Å². The first-order valence-electron chi connectivity index (χ1n) is 6.88. The molecule has 1 aromatic carbocycles. The Hall–Kier alpha value is -1.94. The number of nitrogens with one attached hydrogen (secondary N) is 1. The highest BCUT2D eigenvalue weighted by Crippen LogP contribution is 2.29. The van der Waals surface area contributed by atoms with E-state index in [1.807, 2.05) is 12.1 Å². The summed E-state index contributed by atoms with van der Waals surface area (Å²) in [6.07, 6.45) is 6.57. The molecule has 0 fully saturated rings. The molecule has 3 rings (SSSR count). The van der Waals surface area contributed by atoms with E-state index in [2.05, 4.69) is 28.5 Å². The molecule has 1 aliphatic rings. The summed E-state index contributed by atoms with van der Waals surface area (Å²) in [6.45, 7) is 0. The first-order chi connectivity index (χ1) is 9.74. The van der Waals surface area contributed by atoms with E-state index in [9.17, 15) is 0 Å². The van der Waals surface area contributed by atoms with Gasteiger partial charge in [0.25, 0.3) is 0 Å². The smallest absolute Gasteiger partial charge is 0.130 e. The Kier molecular flexibility index (Phi) is 3.65. The first-order valence-corrected chi connectivity index (χ1v) is 7.28. The van der Waals surface area contributed by atoms with Crippen molar-refractivity contribution in [3.05, 3.63) is 53.2 Å². The lowest BCUT2D eigenvalue weighted by molar-refractivity contribution is 0.687. The van der Waals surface area contributed by atoms with Crippen LogP contribution in [0, 0.1) is 0 Å². The van der Waals surface area contributed by atoms with Crippen LogP contribution in [0.1, 0.15) is 29.5 Å². The lowest BCUT2D eigenvalue weighted by Gasteiger charge is -2.20. The van der Waals surface area contributed by atoms with E-state index in [1.165, 1.54) is 30.4 Å². The van der Waals surface area contributed by atoms with Crippen LogP contribution in [0.15, 0.2) is 36.5 Å². The minimum Gasteiger partial charge on any atom is -0.389 e. The summed E-state index contributed by atoms with van der Waals surface area (Å²) in [5.74, 6) is 0.786. The van der Waals surface area contributed by atoms with Crippen molar-refractivity contribution in [3.63, 3.8) is 0 Å². The number of fused-ring (bicyclic) bond motifs is 1. The largest absolute Gasteiger partial charge is 0.389 e. The van der Waals surface area contributed by atoms with Gasteiger partial charge in [-0.1, -0.05) is 24.4 Å². The van der Waals surface area contributed by atoms with Crippen LogP contribution in [0.25, 0.3) is 0 Å². The monoisotopic (exact) mass is 283 g/mol. The quantitative estimate of drug-likeness (QED) is 0.848. The highest BCUT2D eigenvalue weighted by atomic mass is 32.1. The van der Waals surface area contributed by atoms with E-state index < -0.39 is 0 Å². The Balaban J connectivity index is 1.91. The van der Waals surface area contributed by atoms with Crippen molar-refractivity contribution in [3.8, 4) is 0 Å². The minimum absolute atomic E-state index is 0.394. The number of aryl methyl sites for hydroxylation is 1. The number of nitrogens with two attached hydrogens (primary N) is 1. The van der Waals surface area contributed by atoms with E-state index in [0.29, 0.717) is 4.99 Å². The molecule has 0 unspecified atom stereocenters. The molecule has 0 amide bonds. The van der Waals surface area contributed by atoms with Crippen molar-refractivity contribution in [2.24, 2.45) is 5.73 Å². The average Bonchev–Trinajstić information content (AvgIpc) is 2.48. The Morgan fingerprint density at radius 2 is 2.05 bits per heavy atom. The van der Waals surface area contributed by atoms with Crippen LogP contribution in [0.4, 0.5) is 11.5 Å². The molecule has 102 valence electrons. The molecule has 0 saturated carbocycles. The predicted octanol–water partition coefficient (Wildman–Crippen LogP) is 3.34. The number of hydrogen-bond donors (Lipinski definition) is 2. The van der Waals surface area contributed by atoms with Crippen molar-refractivity contribution in [2.75, 3.05) is 5.32 Å². The highest BCUT2D eigenvalue weighted by molar-refractivity contribution is 7.80. The highest BCUT2D eigenvalue weighted by Gasteiger charge is 2.13. The van der Waals surface area contributed by atoms with Crippen LogP contribution >= 0.6 is 12.2 Å². The van der Waals surface area contributed by atoms with Crippen LogP contribution < -0.4 is 11.1 Å². The third kappa shape index (κ3) is 2.65. The molecule has 0 bridgehead atoms. The van der Waals surface area contributed by atoms with Gasteiger partial charge in [0, 0.05) is 17.4 Å². The molecule has 0 spiro atoms. The summed E-state index contributed by atoms with van der Waals surface area (Å²) in [6, 6.07) is 10.2. The Morgan fingerprint density at radius 1 is 1.20 bits per heavy atom. The Bertz CT molecular complexity index is 652. The topological polar surface area (TPSA) is 50.9 Å². The van der Waals surface area contributed by atoms with Gasteiger partial charge in [0.1, 0.15) is 10.8 Å². The normalized spacial score (nSPS) is 13.6. The third-order valence-electron chi connectivity index (χ3n) is 3.70. The Labute approximate surface area is 124 Å². The van der Waals surface area contributed by atoms with Crippen LogP contribution in [-0.2, 0) is 12.8 Å². The summed E-state index contributed by atoms with van der Waals surface area (Å²) < 4.78 is 0. The van der Waals surface area contributed by atoms with Gasteiger partial charge in [0.15, 0.2) is 0 Å². The molecule has 20 heavy (non-hydrogen) atoms. The van der Waals surface area contributed by atoms with Gasteiger partial charge in [0.05, 0.1) is 0 Å². The summed E-state index contributed by atoms with van der Waals surface area (Å²) in [5, 5.41) is 3.40. The van der Waals surface area contributed by atoms with E-state index in [4.69, 9.17) is 18.0 Å². The second-order valence-electron chi connectivity index (χ2n) is 5.07. The second-order valence-corrected chi connectivity index (χ2v) is 5.51.